The van der Waals surface area contributed by atoms with Gasteiger partial charge in [-0.15, -0.1) is 0 Å². The van der Waals surface area contributed by atoms with Crippen LogP contribution in [0.1, 0.15) is 35.0 Å². The molecule has 0 bridgehead atoms. The van der Waals surface area contributed by atoms with E-state index in [1.165, 1.54) is 12.8 Å². The Bertz CT molecular complexity index is 87.7. The van der Waals surface area contributed by atoms with Crippen molar-refractivity contribution in [1.82, 2.24) is 0 Å². The molecule has 0 saturated carbocycles. The van der Waals surface area contributed by atoms with E-state index in [2.05, 4.69) is 0 Å². The van der Waals surface area contributed by atoms with Crippen LogP contribution in [0.25, 0.3) is 0 Å². The third-order valence-electron chi connectivity index (χ3n) is 1.58. The molecule has 0 N–H and O–H groups in total. The minimum Gasteiger partial charge on any atom is -0.378 e. The first-order valence-electron chi connectivity index (χ1n) is 4.89. The second kappa shape index (κ2) is 9.44. The fourth-order valence-corrected chi connectivity index (χ4v) is 1.89. The van der Waals surface area contributed by atoms with E-state index in [1.807, 2.05) is 20.8 Å². The van der Waals surface area contributed by atoms with Crippen molar-refractivity contribution in [3.63, 3.8) is 0 Å². The van der Waals surface area contributed by atoms with Crippen LogP contribution in [0, 0.1) is 0 Å². The van der Waals surface area contributed by atoms with Crippen molar-refractivity contribution in [3.05, 3.63) is 0 Å². The SMILES string of the molecule is CC.CCOPC[C@@H]1CCCO1.[HH]. The highest BCUT2D eigenvalue weighted by Crippen LogP contribution is 2.21. The summed E-state index contributed by atoms with van der Waals surface area (Å²) in [6.45, 7) is 7.83. The second-order valence-electron chi connectivity index (χ2n) is 2.42. The molecule has 1 saturated heterocycles. The number of rotatable bonds is 4. The third kappa shape index (κ3) is 5.93. The highest BCUT2D eigenvalue weighted by Gasteiger charge is 2.14. The van der Waals surface area contributed by atoms with Gasteiger partial charge in [0.2, 0.25) is 0 Å². The molecule has 0 radical (unpaired) electrons. The van der Waals surface area contributed by atoms with Gasteiger partial charge in [0.25, 0.3) is 0 Å². The molecule has 2 atom stereocenters. The van der Waals surface area contributed by atoms with Crippen LogP contribution in [0.5, 0.6) is 0 Å². The minimum atomic E-state index is 0. The number of hydrogen-bond acceptors (Lipinski definition) is 2. The van der Waals surface area contributed by atoms with Gasteiger partial charge in [-0.2, -0.15) is 0 Å². The fraction of sp³-hybridized carbons (Fsp3) is 1.00. The van der Waals surface area contributed by atoms with E-state index in [1.54, 1.807) is 0 Å². The van der Waals surface area contributed by atoms with E-state index in [4.69, 9.17) is 9.26 Å². The molecule has 1 rings (SSSR count). The summed E-state index contributed by atoms with van der Waals surface area (Å²) in [6.07, 6.45) is 4.08. The van der Waals surface area contributed by atoms with Crippen molar-refractivity contribution in [1.29, 1.82) is 0 Å². The van der Waals surface area contributed by atoms with Crippen molar-refractivity contribution < 1.29 is 10.7 Å². The Balaban J connectivity index is 0. The van der Waals surface area contributed by atoms with Crippen molar-refractivity contribution in [2.75, 3.05) is 19.4 Å². The summed E-state index contributed by atoms with van der Waals surface area (Å²) in [5, 5.41) is 0. The zero-order valence-electron chi connectivity index (χ0n) is 8.43. The van der Waals surface area contributed by atoms with Crippen LogP contribution in [0.3, 0.4) is 0 Å². The molecule has 2 nitrogen and oxygen atoms in total. The van der Waals surface area contributed by atoms with E-state index in [0.717, 1.165) is 19.4 Å². The minimum absolute atomic E-state index is 0. The molecule has 1 aliphatic heterocycles. The van der Waals surface area contributed by atoms with Crippen LogP contribution in [0.2, 0.25) is 0 Å². The number of ether oxygens (including phenoxy) is 1. The average molecular weight is 194 g/mol. The first-order chi connectivity index (χ1) is 5.93. The highest BCUT2D eigenvalue weighted by atomic mass is 31.1. The molecular weight excluding hydrogens is 171 g/mol. The maximum absolute atomic E-state index is 5.43. The van der Waals surface area contributed by atoms with Crippen molar-refractivity contribution in [2.45, 2.75) is 39.7 Å². The van der Waals surface area contributed by atoms with E-state index < -0.39 is 0 Å². The van der Waals surface area contributed by atoms with Gasteiger partial charge >= 0.3 is 0 Å². The summed E-state index contributed by atoms with van der Waals surface area (Å²) in [6, 6.07) is 0. The van der Waals surface area contributed by atoms with Crippen LogP contribution in [-0.4, -0.2) is 25.5 Å². The van der Waals surface area contributed by atoms with Gasteiger partial charge in [-0.1, -0.05) is 13.8 Å². The molecule has 0 aromatic heterocycles. The van der Waals surface area contributed by atoms with Gasteiger partial charge in [0.1, 0.15) is 0 Å². The summed E-state index contributed by atoms with van der Waals surface area (Å²) >= 11 is 0. The molecule has 0 amide bonds. The molecule has 0 aliphatic carbocycles. The zero-order valence-corrected chi connectivity index (χ0v) is 9.43. The Morgan fingerprint density at radius 2 is 2.33 bits per heavy atom. The first-order valence-corrected chi connectivity index (χ1v) is 6.01. The summed E-state index contributed by atoms with van der Waals surface area (Å²) in [5.74, 6) is 0. The van der Waals surface area contributed by atoms with Gasteiger partial charge in [0, 0.05) is 29.6 Å². The molecule has 0 aromatic carbocycles. The maximum atomic E-state index is 5.43. The molecule has 0 aromatic rings. The highest BCUT2D eigenvalue weighted by molar-refractivity contribution is 7.32. The summed E-state index contributed by atoms with van der Waals surface area (Å²) < 4.78 is 10.7. The van der Waals surface area contributed by atoms with Crippen LogP contribution in [0.15, 0.2) is 0 Å². The monoisotopic (exact) mass is 194 g/mol. The Hall–Kier alpha value is 0.350. The molecule has 76 valence electrons. The zero-order chi connectivity index (χ0) is 9.23. The summed E-state index contributed by atoms with van der Waals surface area (Å²) in [5.41, 5.74) is 0. The van der Waals surface area contributed by atoms with E-state index in [0.29, 0.717) is 14.9 Å². The lowest BCUT2D eigenvalue weighted by Crippen LogP contribution is -2.06. The van der Waals surface area contributed by atoms with Gasteiger partial charge in [0.05, 0.1) is 6.10 Å². The lowest BCUT2D eigenvalue weighted by atomic mass is 10.3. The fourth-order valence-electron chi connectivity index (χ4n) is 1.06. The lowest BCUT2D eigenvalue weighted by Gasteiger charge is -2.07. The van der Waals surface area contributed by atoms with Gasteiger partial charge < -0.3 is 9.26 Å². The van der Waals surface area contributed by atoms with Crippen molar-refractivity contribution >= 4 is 8.81 Å². The van der Waals surface area contributed by atoms with Crippen LogP contribution >= 0.6 is 8.81 Å². The molecule has 12 heavy (non-hydrogen) atoms. The van der Waals surface area contributed by atoms with Crippen molar-refractivity contribution in [2.24, 2.45) is 0 Å². The molecule has 1 aliphatic rings. The largest absolute Gasteiger partial charge is 0.378 e. The second-order valence-corrected chi connectivity index (χ2v) is 3.40. The van der Waals surface area contributed by atoms with E-state index in [9.17, 15) is 0 Å². The van der Waals surface area contributed by atoms with Crippen molar-refractivity contribution in [3.8, 4) is 0 Å². The van der Waals surface area contributed by atoms with E-state index in [-0.39, 0.29) is 1.43 Å². The van der Waals surface area contributed by atoms with Crippen LogP contribution in [-0.2, 0) is 9.26 Å². The lowest BCUT2D eigenvalue weighted by molar-refractivity contribution is 0.127. The Morgan fingerprint density at radius 1 is 1.58 bits per heavy atom. The molecule has 1 heterocycles. The molecular formula is C9H23O2P. The Morgan fingerprint density at radius 3 is 2.83 bits per heavy atom. The molecule has 0 spiro atoms. The van der Waals surface area contributed by atoms with Gasteiger partial charge in [0.15, 0.2) is 0 Å². The quantitative estimate of drug-likeness (QED) is 0.506. The van der Waals surface area contributed by atoms with Crippen LogP contribution < -0.4 is 0 Å². The average Bonchev–Trinajstić information content (AvgIpc) is 2.61. The maximum Gasteiger partial charge on any atom is 0.0634 e. The topological polar surface area (TPSA) is 18.5 Å². The summed E-state index contributed by atoms with van der Waals surface area (Å²) in [7, 11) is 0.641. The Kier molecular flexibility index (Phi) is 9.71. The molecule has 1 fully saturated rings. The smallest absolute Gasteiger partial charge is 0.0634 e. The van der Waals surface area contributed by atoms with Gasteiger partial charge in [-0.3, -0.25) is 0 Å². The van der Waals surface area contributed by atoms with Gasteiger partial charge in [-0.25, -0.2) is 0 Å². The number of hydrogen-bond donors (Lipinski definition) is 0. The third-order valence-corrected chi connectivity index (χ3v) is 2.70. The normalized spacial score (nSPS) is 22.8. The predicted octanol–water partition coefficient (Wildman–Crippen LogP) is 3.07. The first kappa shape index (κ1) is 12.3. The van der Waals surface area contributed by atoms with E-state index >= 15 is 0 Å². The summed E-state index contributed by atoms with van der Waals surface area (Å²) in [4.78, 5) is 0. The van der Waals surface area contributed by atoms with Crippen LogP contribution in [0.4, 0.5) is 0 Å². The molecule has 3 heteroatoms. The molecule has 1 unspecified atom stereocenters. The predicted molar refractivity (Wildman–Crippen MR) is 57.2 cm³/mol. The van der Waals surface area contributed by atoms with Gasteiger partial charge in [-0.05, 0) is 19.8 Å². The standard InChI is InChI=1S/C7H15O2P.C2H6.H2/c1-2-9-10-6-7-4-3-5-8-7;1-2;/h7,10H,2-6H2,1H3;1-2H3;1H/t7-;;/m0../s1. The Labute approximate surface area is 79.4 Å².